The fraction of sp³-hybridized carbons (Fsp3) is 0.763. The van der Waals surface area contributed by atoms with Gasteiger partial charge >= 0.3 is 5.97 Å². The van der Waals surface area contributed by atoms with Gasteiger partial charge in [0.05, 0.1) is 6.61 Å². The van der Waals surface area contributed by atoms with Crippen molar-refractivity contribution in [2.75, 3.05) is 19.8 Å². The molecule has 244 valence electrons. The molecule has 1 aromatic carbocycles. The number of hydrogen-bond acceptors (Lipinski definition) is 3. The smallest absolute Gasteiger partial charge is 0.327 e. The van der Waals surface area contributed by atoms with Crippen LogP contribution in [0.4, 0.5) is 0 Å². The van der Waals surface area contributed by atoms with Crippen molar-refractivity contribution in [1.29, 1.82) is 0 Å². The molecule has 0 saturated carbocycles. The van der Waals surface area contributed by atoms with Crippen LogP contribution in [0.25, 0.3) is 0 Å². The van der Waals surface area contributed by atoms with E-state index in [1.165, 1.54) is 160 Å². The number of carbonyl (C=O) groups is 1. The maximum absolute atomic E-state index is 9.25. The van der Waals surface area contributed by atoms with Gasteiger partial charge in [-0.25, -0.2) is 4.79 Å². The summed E-state index contributed by atoms with van der Waals surface area (Å²) in [7, 11) is 0. The van der Waals surface area contributed by atoms with Gasteiger partial charge in [0.1, 0.15) is 12.4 Å². The lowest BCUT2D eigenvalue weighted by Crippen LogP contribution is -2.07. The summed E-state index contributed by atoms with van der Waals surface area (Å²) in [6, 6.07) is 8.69. The van der Waals surface area contributed by atoms with Crippen LogP contribution in [-0.4, -0.2) is 30.9 Å². The Balaban J connectivity index is 0.00000308. The Kier molecular flexibility index (Phi) is 32.2. The van der Waals surface area contributed by atoms with Crippen LogP contribution in [0.5, 0.6) is 5.75 Å². The van der Waals surface area contributed by atoms with Crippen molar-refractivity contribution in [1.82, 2.24) is 0 Å². The van der Waals surface area contributed by atoms with Crippen molar-refractivity contribution in [3.8, 4) is 5.75 Å². The molecule has 0 unspecified atom stereocenters. The highest BCUT2D eigenvalue weighted by atomic mass is 16.5. The molecule has 0 bridgehead atoms. The summed E-state index contributed by atoms with van der Waals surface area (Å²) in [5.41, 5.74) is 1.43. The lowest BCUT2D eigenvalue weighted by atomic mass is 10.0. The number of rotatable bonds is 30. The predicted molar refractivity (Wildman–Crippen MR) is 182 cm³/mol. The van der Waals surface area contributed by atoms with Crippen LogP contribution in [0.1, 0.15) is 167 Å². The first-order chi connectivity index (χ1) is 20.6. The zero-order valence-corrected chi connectivity index (χ0v) is 27.9. The molecule has 0 heterocycles. The van der Waals surface area contributed by atoms with E-state index < -0.39 is 5.97 Å². The Bertz CT molecular complexity index is 685. The first-order valence-electron chi connectivity index (χ1n) is 17.8. The van der Waals surface area contributed by atoms with Gasteiger partial charge < -0.3 is 14.6 Å². The molecule has 0 radical (unpaired) electrons. The summed E-state index contributed by atoms with van der Waals surface area (Å²) >= 11 is 0. The van der Waals surface area contributed by atoms with E-state index in [-0.39, 0.29) is 0 Å². The second kappa shape index (κ2) is 33.7. The molecule has 0 aliphatic carbocycles. The van der Waals surface area contributed by atoms with E-state index >= 15 is 0 Å². The quantitative estimate of drug-likeness (QED) is 0.0717. The maximum atomic E-state index is 9.25. The van der Waals surface area contributed by atoms with Gasteiger partial charge in [-0.1, -0.05) is 167 Å². The molecule has 0 atom stereocenters. The van der Waals surface area contributed by atoms with E-state index in [0.29, 0.717) is 13.2 Å². The van der Waals surface area contributed by atoms with Gasteiger partial charge in [-0.05, 0) is 37.0 Å². The molecule has 4 heteroatoms. The van der Waals surface area contributed by atoms with Crippen molar-refractivity contribution in [3.05, 3.63) is 42.5 Å². The second-order valence-corrected chi connectivity index (χ2v) is 11.8. The highest BCUT2D eigenvalue weighted by Crippen LogP contribution is 2.16. The van der Waals surface area contributed by atoms with Gasteiger partial charge in [0.25, 0.3) is 0 Å². The summed E-state index contributed by atoms with van der Waals surface area (Å²) in [4.78, 5) is 9.25. The standard InChI is InChI=1S/C35H64O2.C3H4O2/c1-3-5-7-9-11-12-13-14-15-16-17-18-19-21-23-25-31-36-32-33-37-35-29-27-34(28-30-35)26-24-22-20-10-8-6-4-2;1-2-3(4)5/h27-30H,3-26,31-33H2,1-2H3;2H,1H2,(H,4,5). The highest BCUT2D eigenvalue weighted by molar-refractivity contribution is 5.78. The van der Waals surface area contributed by atoms with Crippen molar-refractivity contribution < 1.29 is 19.4 Å². The largest absolute Gasteiger partial charge is 0.491 e. The monoisotopic (exact) mass is 589 g/mol. The van der Waals surface area contributed by atoms with Crippen LogP contribution in [0.2, 0.25) is 0 Å². The Morgan fingerprint density at radius 2 is 0.976 bits per heavy atom. The summed E-state index contributed by atoms with van der Waals surface area (Å²) < 4.78 is 11.6. The minimum atomic E-state index is -0.981. The fourth-order valence-electron chi connectivity index (χ4n) is 5.11. The zero-order chi connectivity index (χ0) is 30.8. The first-order valence-corrected chi connectivity index (χ1v) is 17.8. The molecule has 4 nitrogen and oxygen atoms in total. The van der Waals surface area contributed by atoms with Gasteiger partial charge in [0.15, 0.2) is 0 Å². The van der Waals surface area contributed by atoms with E-state index in [9.17, 15) is 4.79 Å². The number of unbranched alkanes of at least 4 members (excludes halogenated alkanes) is 21. The molecular weight excluding hydrogens is 520 g/mol. The molecular formula is C38H68O4. The average molecular weight is 589 g/mol. The zero-order valence-electron chi connectivity index (χ0n) is 27.9. The second-order valence-electron chi connectivity index (χ2n) is 11.8. The third-order valence-electron chi connectivity index (χ3n) is 7.81. The Morgan fingerprint density at radius 1 is 0.595 bits per heavy atom. The van der Waals surface area contributed by atoms with Crippen molar-refractivity contribution in [3.63, 3.8) is 0 Å². The van der Waals surface area contributed by atoms with E-state index in [4.69, 9.17) is 14.6 Å². The molecule has 0 aromatic heterocycles. The molecule has 1 rings (SSSR count). The van der Waals surface area contributed by atoms with Crippen LogP contribution in [0, 0.1) is 0 Å². The molecule has 0 fully saturated rings. The van der Waals surface area contributed by atoms with E-state index in [2.05, 4.69) is 44.7 Å². The fourth-order valence-corrected chi connectivity index (χ4v) is 5.11. The first kappa shape index (κ1) is 40.2. The molecule has 0 aliphatic heterocycles. The van der Waals surface area contributed by atoms with Crippen molar-refractivity contribution in [2.45, 2.75) is 168 Å². The van der Waals surface area contributed by atoms with Crippen LogP contribution in [0.3, 0.4) is 0 Å². The number of carboxylic acid groups (broad SMARTS) is 1. The SMILES string of the molecule is C=CC(=O)O.CCCCCCCCCCCCCCCCCCOCCOc1ccc(CCCCCCCCC)cc1. The van der Waals surface area contributed by atoms with Crippen LogP contribution in [0.15, 0.2) is 36.9 Å². The number of carboxylic acids is 1. The molecule has 0 aliphatic rings. The predicted octanol–water partition coefficient (Wildman–Crippen LogP) is 11.9. The van der Waals surface area contributed by atoms with Crippen molar-refractivity contribution >= 4 is 5.97 Å². The average Bonchev–Trinajstić information content (AvgIpc) is 3.00. The number of aryl methyl sites for hydroxylation is 1. The van der Waals surface area contributed by atoms with Crippen LogP contribution >= 0.6 is 0 Å². The van der Waals surface area contributed by atoms with Crippen molar-refractivity contribution in [2.24, 2.45) is 0 Å². The van der Waals surface area contributed by atoms with E-state index in [1.54, 1.807) is 0 Å². The normalized spacial score (nSPS) is 10.7. The third kappa shape index (κ3) is 31.1. The number of ether oxygens (including phenoxy) is 2. The summed E-state index contributed by atoms with van der Waals surface area (Å²) in [6.07, 6.45) is 34.2. The highest BCUT2D eigenvalue weighted by Gasteiger charge is 1.99. The molecule has 0 saturated heterocycles. The summed E-state index contributed by atoms with van der Waals surface area (Å²) in [5.74, 6) is -0.0145. The van der Waals surface area contributed by atoms with Gasteiger partial charge in [0.2, 0.25) is 0 Å². The van der Waals surface area contributed by atoms with Gasteiger partial charge in [-0.3, -0.25) is 0 Å². The number of hydrogen-bond donors (Lipinski definition) is 1. The number of aliphatic carboxylic acids is 1. The van der Waals surface area contributed by atoms with E-state index in [1.807, 2.05) is 0 Å². The van der Waals surface area contributed by atoms with Crippen LogP contribution in [-0.2, 0) is 16.0 Å². The minimum Gasteiger partial charge on any atom is -0.491 e. The molecule has 1 N–H and O–H groups in total. The summed E-state index contributed by atoms with van der Waals surface area (Å²) in [5, 5.41) is 7.60. The molecule has 42 heavy (non-hydrogen) atoms. The topological polar surface area (TPSA) is 55.8 Å². The summed E-state index contributed by atoms with van der Waals surface area (Å²) in [6.45, 7) is 9.75. The van der Waals surface area contributed by atoms with E-state index in [0.717, 1.165) is 18.4 Å². The third-order valence-corrected chi connectivity index (χ3v) is 7.81. The van der Waals surface area contributed by atoms with Gasteiger partial charge in [-0.2, -0.15) is 0 Å². The minimum absolute atomic E-state index is 0.649. The number of benzene rings is 1. The Morgan fingerprint density at radius 3 is 1.38 bits per heavy atom. The lowest BCUT2D eigenvalue weighted by molar-refractivity contribution is -0.131. The molecule has 0 amide bonds. The lowest BCUT2D eigenvalue weighted by Gasteiger charge is -2.08. The van der Waals surface area contributed by atoms with Gasteiger partial charge in [0, 0.05) is 12.7 Å². The maximum Gasteiger partial charge on any atom is 0.327 e. The Labute approximate surface area is 261 Å². The molecule has 1 aromatic rings. The van der Waals surface area contributed by atoms with Crippen LogP contribution < -0.4 is 4.74 Å². The Hall–Kier alpha value is -1.81. The molecule has 0 spiro atoms. The van der Waals surface area contributed by atoms with Gasteiger partial charge in [-0.15, -0.1) is 0 Å².